The maximum Gasteiger partial charge on any atom is 0.0413 e. The molecular weight excluding hydrogens is 242 g/mol. The molecule has 0 spiro atoms. The van der Waals surface area contributed by atoms with Crippen LogP contribution < -0.4 is 4.90 Å². The van der Waals surface area contributed by atoms with Crippen molar-refractivity contribution in [3.63, 3.8) is 0 Å². The summed E-state index contributed by atoms with van der Waals surface area (Å²) in [6, 6.07) is 22.5. The lowest BCUT2D eigenvalue weighted by Gasteiger charge is -2.36. The molecule has 2 fully saturated rings. The minimum Gasteiger partial charge on any atom is -0.338 e. The summed E-state index contributed by atoms with van der Waals surface area (Å²) in [5, 5.41) is 0. The average molecular weight is 263 g/mol. The molecule has 0 saturated heterocycles. The number of hydrogen-bond donors (Lipinski definition) is 0. The number of anilines is 2. The van der Waals surface area contributed by atoms with Crippen LogP contribution in [0, 0.1) is 11.8 Å². The molecule has 2 aliphatic rings. The maximum atomic E-state index is 2.59. The van der Waals surface area contributed by atoms with Crippen molar-refractivity contribution in [2.24, 2.45) is 11.8 Å². The van der Waals surface area contributed by atoms with Crippen molar-refractivity contribution in [3.8, 4) is 0 Å². The molecule has 2 aliphatic carbocycles. The van der Waals surface area contributed by atoms with Gasteiger partial charge in [-0.3, -0.25) is 0 Å². The Balaban J connectivity index is 1.74. The van der Waals surface area contributed by atoms with Crippen molar-refractivity contribution < 1.29 is 0 Å². The molecule has 1 nitrogen and oxygen atoms in total. The van der Waals surface area contributed by atoms with Crippen LogP contribution in [0.4, 0.5) is 11.4 Å². The molecule has 0 heterocycles. The molecule has 2 aromatic carbocycles. The van der Waals surface area contributed by atoms with E-state index in [2.05, 4.69) is 65.6 Å². The van der Waals surface area contributed by atoms with E-state index in [1.54, 1.807) is 0 Å². The van der Waals surface area contributed by atoms with E-state index in [1.165, 1.54) is 37.1 Å². The van der Waals surface area contributed by atoms with E-state index in [1.807, 2.05) is 0 Å². The quantitative estimate of drug-likeness (QED) is 0.752. The van der Waals surface area contributed by atoms with E-state index < -0.39 is 0 Å². The summed E-state index contributed by atoms with van der Waals surface area (Å²) < 4.78 is 0. The molecule has 2 bridgehead atoms. The average Bonchev–Trinajstić information content (AvgIpc) is 3.13. The monoisotopic (exact) mass is 263 g/mol. The van der Waals surface area contributed by atoms with E-state index in [-0.39, 0.29) is 0 Å². The summed E-state index contributed by atoms with van der Waals surface area (Å²) in [5.74, 6) is 1.86. The van der Waals surface area contributed by atoms with Crippen molar-refractivity contribution in [2.75, 3.05) is 4.90 Å². The SMILES string of the molecule is c1ccc(N(c2ccccc2)C2CC3CCC2C3)cc1. The van der Waals surface area contributed by atoms with Gasteiger partial charge in [0, 0.05) is 17.4 Å². The van der Waals surface area contributed by atoms with Crippen molar-refractivity contribution in [1.82, 2.24) is 0 Å². The van der Waals surface area contributed by atoms with Crippen LogP contribution in [0.3, 0.4) is 0 Å². The van der Waals surface area contributed by atoms with Crippen LogP contribution in [0.5, 0.6) is 0 Å². The minimum atomic E-state index is 0.693. The summed E-state index contributed by atoms with van der Waals surface area (Å²) in [7, 11) is 0. The largest absolute Gasteiger partial charge is 0.338 e. The third kappa shape index (κ3) is 2.02. The first kappa shape index (κ1) is 12.0. The van der Waals surface area contributed by atoms with Crippen LogP contribution in [0.1, 0.15) is 25.7 Å². The smallest absolute Gasteiger partial charge is 0.0413 e. The van der Waals surface area contributed by atoms with Gasteiger partial charge in [0.2, 0.25) is 0 Å². The Morgan fingerprint density at radius 3 is 1.75 bits per heavy atom. The zero-order valence-corrected chi connectivity index (χ0v) is 11.8. The normalized spacial score (nSPS) is 27.7. The highest BCUT2D eigenvalue weighted by molar-refractivity contribution is 5.64. The van der Waals surface area contributed by atoms with E-state index in [9.17, 15) is 0 Å². The molecule has 0 radical (unpaired) electrons. The Bertz CT molecular complexity index is 523. The first-order valence-electron chi connectivity index (χ1n) is 7.81. The Morgan fingerprint density at radius 1 is 0.700 bits per heavy atom. The van der Waals surface area contributed by atoms with Gasteiger partial charge in [0.15, 0.2) is 0 Å². The molecule has 0 aliphatic heterocycles. The van der Waals surface area contributed by atoms with Gasteiger partial charge in [0.05, 0.1) is 0 Å². The zero-order valence-electron chi connectivity index (χ0n) is 11.8. The third-order valence-electron chi connectivity index (χ3n) is 5.10. The van der Waals surface area contributed by atoms with Crippen molar-refractivity contribution in [3.05, 3.63) is 60.7 Å². The summed E-state index contributed by atoms with van der Waals surface area (Å²) in [4.78, 5) is 2.59. The Hall–Kier alpha value is -1.76. The Morgan fingerprint density at radius 2 is 1.30 bits per heavy atom. The fraction of sp³-hybridized carbons (Fsp3) is 0.368. The maximum absolute atomic E-state index is 2.59. The van der Waals surface area contributed by atoms with Gasteiger partial charge >= 0.3 is 0 Å². The second-order valence-electron chi connectivity index (χ2n) is 6.28. The van der Waals surface area contributed by atoms with Crippen molar-refractivity contribution in [2.45, 2.75) is 31.7 Å². The number of fused-ring (bicyclic) bond motifs is 2. The second-order valence-corrected chi connectivity index (χ2v) is 6.28. The van der Waals surface area contributed by atoms with Crippen LogP contribution in [0.2, 0.25) is 0 Å². The van der Waals surface area contributed by atoms with E-state index in [4.69, 9.17) is 0 Å². The van der Waals surface area contributed by atoms with Crippen LogP contribution in [0.25, 0.3) is 0 Å². The molecule has 1 heteroatoms. The number of para-hydroxylation sites is 2. The molecule has 102 valence electrons. The van der Waals surface area contributed by atoms with Gasteiger partial charge < -0.3 is 4.90 Å². The Labute approximate surface area is 121 Å². The molecular formula is C19H21N. The van der Waals surface area contributed by atoms with Gasteiger partial charge in [-0.2, -0.15) is 0 Å². The standard InChI is InChI=1S/C19H21N/c1-3-7-17(8-4-1)20(18-9-5-2-6-10-18)19-14-15-11-12-16(19)13-15/h1-10,15-16,19H,11-14H2. The molecule has 4 rings (SSSR count). The van der Waals surface area contributed by atoms with Gasteiger partial charge in [-0.25, -0.2) is 0 Å². The first-order valence-corrected chi connectivity index (χ1v) is 7.81. The minimum absolute atomic E-state index is 0.693. The summed E-state index contributed by atoms with van der Waals surface area (Å²) >= 11 is 0. The second kappa shape index (κ2) is 4.97. The van der Waals surface area contributed by atoms with Crippen molar-refractivity contribution >= 4 is 11.4 Å². The van der Waals surface area contributed by atoms with Gasteiger partial charge in [-0.15, -0.1) is 0 Å². The summed E-state index contributed by atoms with van der Waals surface area (Å²) in [6.45, 7) is 0. The number of hydrogen-bond acceptors (Lipinski definition) is 1. The fourth-order valence-electron chi connectivity index (χ4n) is 4.24. The Kier molecular flexibility index (Phi) is 2.99. The predicted molar refractivity (Wildman–Crippen MR) is 84.3 cm³/mol. The lowest BCUT2D eigenvalue weighted by molar-refractivity contribution is 0.413. The van der Waals surface area contributed by atoms with E-state index in [0.29, 0.717) is 6.04 Å². The number of nitrogens with zero attached hydrogens (tertiary/aromatic N) is 1. The molecule has 0 amide bonds. The summed E-state index contributed by atoms with van der Waals surface area (Å²) in [6.07, 6.45) is 5.69. The molecule has 20 heavy (non-hydrogen) atoms. The van der Waals surface area contributed by atoms with E-state index in [0.717, 1.165) is 11.8 Å². The fourth-order valence-corrected chi connectivity index (χ4v) is 4.24. The number of benzene rings is 2. The molecule has 3 atom stereocenters. The van der Waals surface area contributed by atoms with Crippen LogP contribution in [-0.2, 0) is 0 Å². The molecule has 2 saturated carbocycles. The van der Waals surface area contributed by atoms with Crippen LogP contribution in [0.15, 0.2) is 60.7 Å². The first-order chi connectivity index (χ1) is 9.92. The lowest BCUT2D eigenvalue weighted by atomic mass is 9.93. The van der Waals surface area contributed by atoms with Crippen molar-refractivity contribution in [1.29, 1.82) is 0 Å². The molecule has 0 aromatic heterocycles. The summed E-state index contributed by atoms with van der Waals surface area (Å²) in [5.41, 5.74) is 2.69. The lowest BCUT2D eigenvalue weighted by Crippen LogP contribution is -2.35. The highest BCUT2D eigenvalue weighted by Crippen LogP contribution is 2.49. The van der Waals surface area contributed by atoms with Gasteiger partial charge in [0.25, 0.3) is 0 Å². The molecule has 0 N–H and O–H groups in total. The highest BCUT2D eigenvalue weighted by Gasteiger charge is 2.42. The highest BCUT2D eigenvalue weighted by atomic mass is 15.2. The van der Waals surface area contributed by atoms with E-state index >= 15 is 0 Å². The molecule has 3 unspecified atom stereocenters. The third-order valence-corrected chi connectivity index (χ3v) is 5.10. The number of rotatable bonds is 3. The predicted octanol–water partition coefficient (Wildman–Crippen LogP) is 5.01. The van der Waals surface area contributed by atoms with Gasteiger partial charge in [0.1, 0.15) is 0 Å². The van der Waals surface area contributed by atoms with Crippen LogP contribution >= 0.6 is 0 Å². The van der Waals surface area contributed by atoms with Crippen LogP contribution in [-0.4, -0.2) is 6.04 Å². The van der Waals surface area contributed by atoms with Gasteiger partial charge in [-0.05, 0) is 55.4 Å². The molecule has 2 aromatic rings. The zero-order chi connectivity index (χ0) is 13.4. The topological polar surface area (TPSA) is 3.24 Å². The van der Waals surface area contributed by atoms with Gasteiger partial charge in [-0.1, -0.05) is 42.8 Å².